The Morgan fingerprint density at radius 1 is 1.06 bits per heavy atom. The normalized spacial score (nSPS) is 15.2. The third kappa shape index (κ3) is 9.99. The van der Waals surface area contributed by atoms with Crippen LogP contribution in [0.25, 0.3) is 17.0 Å². The number of nitrogens with zero attached hydrogens (tertiary/aromatic N) is 3. The van der Waals surface area contributed by atoms with E-state index in [9.17, 15) is 14.2 Å². The number of phosphoric ester groups is 1. The Hall–Kier alpha value is -3.07. The number of furan rings is 1. The van der Waals surface area contributed by atoms with Crippen LogP contribution >= 0.6 is 7.82 Å². The molecule has 2 amide bonds. The molecule has 11 nitrogen and oxygen atoms in total. The number of anilines is 2. The number of likely N-dealkylation sites (N-methyl/N-ethyl adjacent to an activating group) is 1. The summed E-state index contributed by atoms with van der Waals surface area (Å²) in [5, 5.41) is 4.28. The van der Waals surface area contributed by atoms with Crippen molar-refractivity contribution >= 4 is 64.3 Å². The summed E-state index contributed by atoms with van der Waals surface area (Å²) in [5.41, 5.74) is 2.02. The molecular formula is C34H51N4O7PSi2. The zero-order valence-electron chi connectivity index (χ0n) is 30.0. The number of carbonyl (C=O) groups excluding carboxylic acids is 2. The second-order valence-corrected chi connectivity index (χ2v) is 28.2. The van der Waals surface area contributed by atoms with Crippen LogP contribution < -0.4 is 10.2 Å². The van der Waals surface area contributed by atoms with Crippen molar-refractivity contribution in [3.63, 3.8) is 0 Å². The van der Waals surface area contributed by atoms with Gasteiger partial charge in [-0.15, -0.1) is 0 Å². The molecule has 0 fully saturated rings. The molecule has 48 heavy (non-hydrogen) atoms. The average molecular weight is 715 g/mol. The SMILES string of the molecule is Cc1c(CN(C)C(=O)/C=C/c2cnc3c(c2)NC(C)(C)C(=O)N3COP(=O)(OCC[Si](C)(C)C)OCC[Si](C)(C)C)oc2ccccc12. The summed E-state index contributed by atoms with van der Waals surface area (Å²) in [7, 11) is -5.19. The van der Waals surface area contributed by atoms with E-state index in [1.807, 2.05) is 37.3 Å². The zero-order chi connectivity index (χ0) is 35.5. The van der Waals surface area contributed by atoms with Gasteiger partial charge in [0, 0.05) is 46.4 Å². The second kappa shape index (κ2) is 14.8. The molecule has 1 aliphatic rings. The molecule has 3 aromatic rings. The van der Waals surface area contributed by atoms with Crippen LogP contribution in [-0.4, -0.2) is 70.4 Å². The maximum Gasteiger partial charge on any atom is 0.476 e. The summed E-state index contributed by atoms with van der Waals surface area (Å²) >= 11 is 0. The van der Waals surface area contributed by atoms with Crippen LogP contribution in [0.5, 0.6) is 0 Å². The number of benzene rings is 1. The highest BCUT2D eigenvalue weighted by Gasteiger charge is 2.41. The third-order valence-corrected chi connectivity index (χ3v) is 12.9. The van der Waals surface area contributed by atoms with E-state index in [1.165, 1.54) is 11.0 Å². The van der Waals surface area contributed by atoms with E-state index in [-0.39, 0.29) is 31.8 Å². The molecule has 0 saturated carbocycles. The number of phosphoric acid groups is 1. The Morgan fingerprint density at radius 2 is 1.69 bits per heavy atom. The predicted octanol–water partition coefficient (Wildman–Crippen LogP) is 8.14. The fourth-order valence-electron chi connectivity index (χ4n) is 4.95. The van der Waals surface area contributed by atoms with Gasteiger partial charge in [0.15, 0.2) is 5.82 Å². The van der Waals surface area contributed by atoms with Crippen LogP contribution in [-0.2, 0) is 34.3 Å². The van der Waals surface area contributed by atoms with Gasteiger partial charge < -0.3 is 14.6 Å². The van der Waals surface area contributed by atoms with Gasteiger partial charge in [0.05, 0.1) is 25.4 Å². The molecule has 1 N–H and O–H groups in total. The maximum absolute atomic E-state index is 13.8. The number of para-hydroxylation sites is 1. The molecule has 1 aliphatic heterocycles. The van der Waals surface area contributed by atoms with Gasteiger partial charge >= 0.3 is 7.82 Å². The van der Waals surface area contributed by atoms with Crippen LogP contribution in [0.2, 0.25) is 51.4 Å². The molecular weight excluding hydrogens is 664 g/mol. The van der Waals surface area contributed by atoms with Crippen LogP contribution in [0, 0.1) is 6.92 Å². The Morgan fingerprint density at radius 3 is 2.29 bits per heavy atom. The first-order valence-electron chi connectivity index (χ1n) is 16.3. The number of fused-ring (bicyclic) bond motifs is 2. The number of hydrogen-bond donors (Lipinski definition) is 1. The van der Waals surface area contributed by atoms with Crippen molar-refractivity contribution in [2.24, 2.45) is 0 Å². The smallest absolute Gasteiger partial charge is 0.459 e. The number of carbonyl (C=O) groups is 2. The van der Waals surface area contributed by atoms with Crippen LogP contribution in [0.3, 0.4) is 0 Å². The minimum atomic E-state index is -3.97. The minimum Gasteiger partial charge on any atom is -0.459 e. The van der Waals surface area contributed by atoms with E-state index >= 15 is 0 Å². The first kappa shape index (κ1) is 37.7. The summed E-state index contributed by atoms with van der Waals surface area (Å²) < 4.78 is 37.2. The number of rotatable bonds is 15. The molecule has 4 rings (SSSR count). The van der Waals surface area contributed by atoms with Crippen molar-refractivity contribution in [3.05, 3.63) is 59.5 Å². The molecule has 262 valence electrons. The van der Waals surface area contributed by atoms with Gasteiger partial charge in [-0.2, -0.15) is 0 Å². The standard InChI is InChI=1S/C34H51N4O7PSi2/c1-25-27-13-11-12-14-29(27)45-30(25)23-37(4)31(39)16-15-26-21-28-32(35-22-26)38(33(40)34(2,3)36-28)24-44-46(41,42-17-19-47(5,6)7)43-18-20-48(8,9)10/h11-16,21-22,36H,17-20,23-24H2,1-10H3/b16-15+. The summed E-state index contributed by atoms with van der Waals surface area (Å²) in [6, 6.07) is 11.2. The molecule has 14 heteroatoms. The van der Waals surface area contributed by atoms with E-state index < -0.39 is 29.5 Å². The molecule has 0 aliphatic carbocycles. The summed E-state index contributed by atoms with van der Waals surface area (Å²) in [4.78, 5) is 34.0. The van der Waals surface area contributed by atoms with Crippen LogP contribution in [0.15, 0.2) is 47.0 Å². The van der Waals surface area contributed by atoms with E-state index in [4.69, 9.17) is 18.0 Å². The van der Waals surface area contributed by atoms with Gasteiger partial charge in [-0.1, -0.05) is 57.5 Å². The van der Waals surface area contributed by atoms with E-state index in [2.05, 4.69) is 49.6 Å². The minimum absolute atomic E-state index is 0.204. The Bertz CT molecular complexity index is 1690. The van der Waals surface area contributed by atoms with Crippen molar-refractivity contribution in [2.45, 2.75) is 84.2 Å². The highest BCUT2D eigenvalue weighted by atomic mass is 31.2. The lowest BCUT2D eigenvalue weighted by molar-refractivity contribution is -0.125. The van der Waals surface area contributed by atoms with Crippen LogP contribution in [0.4, 0.5) is 11.5 Å². The van der Waals surface area contributed by atoms with Gasteiger partial charge in [-0.25, -0.2) is 9.55 Å². The number of pyridine rings is 1. The van der Waals surface area contributed by atoms with Crippen molar-refractivity contribution in [1.29, 1.82) is 0 Å². The van der Waals surface area contributed by atoms with Crippen molar-refractivity contribution in [2.75, 3.05) is 37.2 Å². The number of aryl methyl sites for hydroxylation is 1. The van der Waals surface area contributed by atoms with E-state index in [0.717, 1.165) is 34.4 Å². The fraction of sp³-hybridized carbons (Fsp3) is 0.500. The predicted molar refractivity (Wildman–Crippen MR) is 198 cm³/mol. The fourth-order valence-corrected chi connectivity index (χ4v) is 7.83. The lowest BCUT2D eigenvalue weighted by Crippen LogP contribution is -2.54. The maximum atomic E-state index is 13.8. The zero-order valence-corrected chi connectivity index (χ0v) is 32.9. The van der Waals surface area contributed by atoms with Gasteiger partial charge in [-0.05, 0) is 56.6 Å². The van der Waals surface area contributed by atoms with Gasteiger partial charge in [-0.3, -0.25) is 28.1 Å². The molecule has 0 saturated heterocycles. The molecule has 0 unspecified atom stereocenters. The molecule has 2 aromatic heterocycles. The van der Waals surface area contributed by atoms with E-state index in [1.54, 1.807) is 38.1 Å². The molecule has 0 spiro atoms. The molecule has 1 aromatic carbocycles. The quantitative estimate of drug-likeness (QED) is 0.0944. The molecule has 3 heterocycles. The van der Waals surface area contributed by atoms with Crippen molar-refractivity contribution in [1.82, 2.24) is 9.88 Å². The Kier molecular flexibility index (Phi) is 11.7. The first-order valence-corrected chi connectivity index (χ1v) is 25.2. The highest BCUT2D eigenvalue weighted by Crippen LogP contribution is 2.51. The number of amides is 2. The molecule has 0 radical (unpaired) electrons. The lowest BCUT2D eigenvalue weighted by atomic mass is 9.99. The highest BCUT2D eigenvalue weighted by molar-refractivity contribution is 7.48. The Balaban J connectivity index is 1.48. The van der Waals surface area contributed by atoms with E-state index in [0.29, 0.717) is 23.6 Å². The van der Waals surface area contributed by atoms with Crippen LogP contribution in [0.1, 0.15) is 30.7 Å². The molecule has 0 atom stereocenters. The molecule has 0 bridgehead atoms. The number of aromatic nitrogens is 1. The van der Waals surface area contributed by atoms with Crippen molar-refractivity contribution < 1.29 is 32.1 Å². The van der Waals surface area contributed by atoms with Crippen molar-refractivity contribution in [3.8, 4) is 0 Å². The lowest BCUT2D eigenvalue weighted by Gasteiger charge is -2.39. The monoisotopic (exact) mass is 714 g/mol. The van der Waals surface area contributed by atoms with Gasteiger partial charge in [0.1, 0.15) is 23.6 Å². The second-order valence-electron chi connectivity index (χ2n) is 15.3. The first-order chi connectivity index (χ1) is 22.3. The van der Waals surface area contributed by atoms with Gasteiger partial charge in [0.2, 0.25) is 5.91 Å². The average Bonchev–Trinajstić information content (AvgIpc) is 3.29. The third-order valence-electron chi connectivity index (χ3n) is 8.04. The number of hydrogen-bond acceptors (Lipinski definition) is 9. The summed E-state index contributed by atoms with van der Waals surface area (Å²) in [6.45, 7) is 19.2. The summed E-state index contributed by atoms with van der Waals surface area (Å²) in [6.07, 6.45) is 4.73. The Labute approximate surface area is 286 Å². The van der Waals surface area contributed by atoms with Gasteiger partial charge in [0.25, 0.3) is 5.91 Å². The largest absolute Gasteiger partial charge is 0.476 e. The number of nitrogens with one attached hydrogen (secondary N) is 1. The topological polar surface area (TPSA) is 123 Å². The summed E-state index contributed by atoms with van der Waals surface area (Å²) in [5.74, 6) is 0.544.